The van der Waals surface area contributed by atoms with Gasteiger partial charge in [-0.05, 0) is 106 Å². The van der Waals surface area contributed by atoms with E-state index in [9.17, 15) is 0 Å². The summed E-state index contributed by atoms with van der Waals surface area (Å²) in [6, 6.07) is 51.6. The van der Waals surface area contributed by atoms with E-state index in [1.807, 2.05) is 0 Å². The van der Waals surface area contributed by atoms with Crippen LogP contribution in [0.25, 0.3) is 33.0 Å². The third-order valence-electron chi connectivity index (χ3n) is 10.8. The van der Waals surface area contributed by atoms with Crippen molar-refractivity contribution in [3.8, 4) is 0 Å². The lowest BCUT2D eigenvalue weighted by Gasteiger charge is -2.20. The molecule has 0 saturated heterocycles. The van der Waals surface area contributed by atoms with E-state index < -0.39 is 0 Å². The topological polar surface area (TPSA) is 17.9 Å². The van der Waals surface area contributed by atoms with E-state index in [-0.39, 0.29) is 5.92 Å². The molecule has 0 bridgehead atoms. The zero-order valence-corrected chi connectivity index (χ0v) is 33.7. The number of aromatic nitrogens is 1. The van der Waals surface area contributed by atoms with Gasteiger partial charge >= 0.3 is 0 Å². The summed E-state index contributed by atoms with van der Waals surface area (Å²) in [6.07, 6.45) is 4.95. The first-order valence-electron chi connectivity index (χ1n) is 19.0. The van der Waals surface area contributed by atoms with E-state index in [0.717, 1.165) is 0 Å². The predicted octanol–water partition coefficient (Wildman–Crippen LogP) is 10.9. The van der Waals surface area contributed by atoms with Crippen LogP contribution in [0.2, 0.25) is 0 Å². The average molecular weight is 724 g/mol. The van der Waals surface area contributed by atoms with Crippen LogP contribution in [0, 0.1) is 0 Å². The quantitative estimate of drug-likeness (QED) is 0.132. The average Bonchev–Trinajstić information content (AvgIpc) is 3.49. The fourth-order valence-electron chi connectivity index (χ4n) is 7.47. The van der Waals surface area contributed by atoms with Crippen LogP contribution in [0.3, 0.4) is 0 Å². The van der Waals surface area contributed by atoms with E-state index in [0.29, 0.717) is 0 Å². The van der Waals surface area contributed by atoms with Crippen LogP contribution >= 0.6 is 0 Å². The van der Waals surface area contributed by atoms with E-state index in [2.05, 4.69) is 239 Å². The summed E-state index contributed by atoms with van der Waals surface area (Å²) < 4.78 is 2.31. The number of fused-ring (bicyclic) bond motifs is 3. The minimum absolute atomic E-state index is 0.0718. The highest BCUT2D eigenvalue weighted by Gasteiger charge is 2.18. The Morgan fingerprint density at radius 1 is 0.418 bits per heavy atom. The van der Waals surface area contributed by atoms with Crippen LogP contribution in [0.4, 0.5) is 22.7 Å². The summed E-state index contributed by atoms with van der Waals surface area (Å²) in [5.74, 6) is -0.0718. The van der Waals surface area contributed by atoms with Crippen molar-refractivity contribution >= 4 is 55.7 Å². The van der Waals surface area contributed by atoms with Gasteiger partial charge in [-0.25, -0.2) is 0 Å². The first-order chi connectivity index (χ1) is 26.5. The van der Waals surface area contributed by atoms with Gasteiger partial charge in [0.05, 0.1) is 0 Å². The highest BCUT2D eigenvalue weighted by molar-refractivity contribution is 6.08. The molecule has 0 aliphatic carbocycles. The van der Waals surface area contributed by atoms with Gasteiger partial charge in [-0.1, -0.05) is 84.9 Å². The van der Waals surface area contributed by atoms with Gasteiger partial charge in [0.2, 0.25) is 0 Å². The third kappa shape index (κ3) is 7.74. The lowest BCUT2D eigenvalue weighted by molar-refractivity contribution is 1.01. The van der Waals surface area contributed by atoms with E-state index in [4.69, 9.17) is 0 Å². The molecule has 1 heterocycles. The first-order valence-corrected chi connectivity index (χ1v) is 19.0. The highest BCUT2D eigenvalue weighted by Crippen LogP contribution is 2.38. The number of allylic oxidation sites excluding steroid dienone is 2. The van der Waals surface area contributed by atoms with Crippen molar-refractivity contribution in [2.75, 3.05) is 76.0 Å². The molecule has 0 saturated carbocycles. The molecular weight excluding hydrogens is 671 g/mol. The van der Waals surface area contributed by atoms with Crippen LogP contribution < -0.4 is 19.6 Å². The van der Waals surface area contributed by atoms with Crippen LogP contribution in [0.5, 0.6) is 0 Å². The van der Waals surface area contributed by atoms with Crippen molar-refractivity contribution in [1.29, 1.82) is 0 Å². The van der Waals surface area contributed by atoms with Crippen molar-refractivity contribution in [3.05, 3.63) is 179 Å². The van der Waals surface area contributed by atoms with Crippen molar-refractivity contribution < 1.29 is 0 Å². The van der Waals surface area contributed by atoms with Gasteiger partial charge in [0, 0.05) is 114 Å². The number of hydrogen-bond donors (Lipinski definition) is 0. The maximum absolute atomic E-state index is 2.48. The van der Waals surface area contributed by atoms with Gasteiger partial charge in [0.1, 0.15) is 0 Å². The van der Waals surface area contributed by atoms with Gasteiger partial charge < -0.3 is 24.2 Å². The molecule has 278 valence electrons. The Labute approximate surface area is 327 Å². The molecule has 0 spiro atoms. The van der Waals surface area contributed by atoms with Crippen molar-refractivity contribution in [1.82, 2.24) is 4.57 Å². The van der Waals surface area contributed by atoms with Crippen molar-refractivity contribution in [2.24, 2.45) is 7.05 Å². The Kier molecular flexibility index (Phi) is 10.6. The van der Waals surface area contributed by atoms with Crippen LogP contribution in [0.15, 0.2) is 152 Å². The smallest absolute Gasteiger partial charge is 0.0488 e. The van der Waals surface area contributed by atoms with Gasteiger partial charge in [0.25, 0.3) is 0 Å². The lowest BCUT2D eigenvalue weighted by atomic mass is 9.86. The van der Waals surface area contributed by atoms with Gasteiger partial charge in [-0.15, -0.1) is 0 Å². The Hall–Kier alpha value is -6.20. The summed E-state index contributed by atoms with van der Waals surface area (Å²) in [5, 5.41) is 2.54. The molecule has 0 amide bonds. The summed E-state index contributed by atoms with van der Waals surface area (Å²) in [7, 11) is 18.9. The molecule has 0 radical (unpaired) electrons. The zero-order valence-electron chi connectivity index (χ0n) is 33.7. The number of benzene rings is 6. The zero-order chi connectivity index (χ0) is 38.8. The highest BCUT2D eigenvalue weighted by atomic mass is 15.1. The second-order valence-electron chi connectivity index (χ2n) is 15.3. The van der Waals surface area contributed by atoms with Crippen molar-refractivity contribution in [2.45, 2.75) is 5.92 Å². The number of rotatable bonds is 11. The molecule has 55 heavy (non-hydrogen) atoms. The van der Waals surface area contributed by atoms with Crippen LogP contribution in [-0.4, -0.2) is 60.9 Å². The lowest BCUT2D eigenvalue weighted by Crippen LogP contribution is -2.09. The summed E-state index contributed by atoms with van der Waals surface area (Å²) in [5.41, 5.74) is 15.5. The number of hydrogen-bond acceptors (Lipinski definition) is 4. The standard InChI is InChI=1S/C50H53N5/c1-51(2)41-23-14-35(15-24-41)46(36-16-25-42(26-17-36)52(3)4)33-40(39-22-31-50-48(32-39)45-12-10-11-13-49(45)55(50)9)34-47(37-18-27-43(28-19-37)53(5)6)38-20-29-44(30-21-38)54(7)8/h10-34,40H,1-9H3. The van der Waals surface area contributed by atoms with Gasteiger partial charge in [-0.3, -0.25) is 0 Å². The second kappa shape index (κ2) is 15.6. The molecule has 6 aromatic carbocycles. The maximum Gasteiger partial charge on any atom is 0.0488 e. The number of aryl methyl sites for hydroxylation is 1. The Morgan fingerprint density at radius 2 is 0.764 bits per heavy atom. The maximum atomic E-state index is 2.48. The molecule has 0 N–H and O–H groups in total. The van der Waals surface area contributed by atoms with Gasteiger partial charge in [0.15, 0.2) is 0 Å². The molecule has 7 aromatic rings. The molecule has 0 aliphatic rings. The predicted molar refractivity (Wildman–Crippen MR) is 240 cm³/mol. The molecule has 5 heteroatoms. The van der Waals surface area contributed by atoms with E-state index in [1.165, 1.54) is 83.5 Å². The molecule has 5 nitrogen and oxygen atoms in total. The molecular formula is C50H53N5. The Morgan fingerprint density at radius 3 is 1.13 bits per heavy atom. The van der Waals surface area contributed by atoms with E-state index in [1.54, 1.807) is 0 Å². The monoisotopic (exact) mass is 723 g/mol. The Bertz CT molecular complexity index is 2240. The molecule has 0 atom stereocenters. The first kappa shape index (κ1) is 37.1. The molecule has 0 fully saturated rings. The minimum Gasteiger partial charge on any atom is -0.378 e. The van der Waals surface area contributed by atoms with Crippen LogP contribution in [-0.2, 0) is 7.05 Å². The fourth-order valence-corrected chi connectivity index (χ4v) is 7.47. The number of nitrogens with zero attached hydrogens (tertiary/aromatic N) is 5. The molecule has 0 aliphatic heterocycles. The molecule has 0 unspecified atom stereocenters. The number of para-hydroxylation sites is 1. The molecule has 1 aromatic heterocycles. The summed E-state index contributed by atoms with van der Waals surface area (Å²) in [4.78, 5) is 8.61. The van der Waals surface area contributed by atoms with Crippen LogP contribution in [0.1, 0.15) is 33.7 Å². The third-order valence-corrected chi connectivity index (χ3v) is 10.8. The normalized spacial score (nSPS) is 11.2. The summed E-state index contributed by atoms with van der Waals surface area (Å²) >= 11 is 0. The second-order valence-corrected chi connectivity index (χ2v) is 15.3. The SMILES string of the molecule is CN(C)c1ccc(C(=CC(C=C(c2ccc(N(C)C)cc2)c2ccc(N(C)C)cc2)c2ccc3c(c2)c2ccccc2n3C)c2ccc(N(C)C)cc2)cc1. The van der Waals surface area contributed by atoms with Gasteiger partial charge in [-0.2, -0.15) is 0 Å². The fraction of sp³-hybridized carbons (Fsp3) is 0.200. The summed E-state index contributed by atoms with van der Waals surface area (Å²) in [6.45, 7) is 0. The largest absolute Gasteiger partial charge is 0.378 e. The molecule has 7 rings (SSSR count). The number of anilines is 4. The minimum atomic E-state index is -0.0718. The van der Waals surface area contributed by atoms with E-state index >= 15 is 0 Å². The Balaban J connectivity index is 1.51. The van der Waals surface area contributed by atoms with Crippen molar-refractivity contribution in [3.63, 3.8) is 0 Å².